The van der Waals surface area contributed by atoms with Crippen molar-refractivity contribution in [1.82, 2.24) is 10.9 Å². The van der Waals surface area contributed by atoms with Crippen molar-refractivity contribution in [3.8, 4) is 0 Å². The molecule has 0 saturated carbocycles. The molecule has 21 heavy (non-hydrogen) atoms. The summed E-state index contributed by atoms with van der Waals surface area (Å²) in [4.78, 5) is 12.1. The van der Waals surface area contributed by atoms with Gasteiger partial charge in [-0.3, -0.25) is 15.6 Å². The van der Waals surface area contributed by atoms with Gasteiger partial charge in [0.05, 0.1) is 16.3 Å². The minimum atomic E-state index is -0.258. The maximum atomic E-state index is 12.1. The number of hydrogen-bond acceptors (Lipinski definition) is 2. The number of carbonyl (C=O) groups is 1. The first-order valence-corrected chi connectivity index (χ1v) is 7.22. The Morgan fingerprint density at radius 3 is 2.76 bits per heavy atom. The lowest BCUT2D eigenvalue weighted by Gasteiger charge is -2.21. The Kier molecular flexibility index (Phi) is 4.86. The lowest BCUT2D eigenvalue weighted by molar-refractivity contribution is 0.0939. The smallest absolute Gasteiger partial charge is 0.271 e. The van der Waals surface area contributed by atoms with Gasteiger partial charge in [-0.15, -0.1) is 0 Å². The zero-order valence-electron chi connectivity index (χ0n) is 12.2. The van der Waals surface area contributed by atoms with Gasteiger partial charge in [0.2, 0.25) is 0 Å². The van der Waals surface area contributed by atoms with Crippen LogP contribution in [0, 0.1) is 5.92 Å². The van der Waals surface area contributed by atoms with E-state index in [9.17, 15) is 4.79 Å². The van der Waals surface area contributed by atoms with E-state index in [1.165, 1.54) is 0 Å². The number of benzene rings is 1. The Bertz CT molecular complexity index is 631. The Morgan fingerprint density at radius 2 is 2.10 bits per heavy atom. The van der Waals surface area contributed by atoms with E-state index >= 15 is 0 Å². The molecule has 0 aromatic heterocycles. The van der Waals surface area contributed by atoms with Crippen LogP contribution in [0.5, 0.6) is 0 Å². The van der Waals surface area contributed by atoms with Crippen LogP contribution in [0.2, 0.25) is 5.02 Å². The largest absolute Gasteiger partial charge is 0.298 e. The zero-order valence-corrected chi connectivity index (χ0v) is 13.0. The molecule has 0 fully saturated rings. The van der Waals surface area contributed by atoms with Crippen molar-refractivity contribution in [2.75, 3.05) is 0 Å². The second kappa shape index (κ2) is 6.64. The number of amides is 1. The molecule has 4 heteroatoms. The highest BCUT2D eigenvalue weighted by Crippen LogP contribution is 2.25. The van der Waals surface area contributed by atoms with Crippen LogP contribution in [0.4, 0.5) is 0 Å². The molecule has 0 aliphatic heterocycles. The van der Waals surface area contributed by atoms with Gasteiger partial charge in [0, 0.05) is 5.92 Å². The van der Waals surface area contributed by atoms with E-state index < -0.39 is 0 Å². The zero-order chi connectivity index (χ0) is 15.4. The van der Waals surface area contributed by atoms with E-state index in [1.807, 2.05) is 13.8 Å². The summed E-state index contributed by atoms with van der Waals surface area (Å²) < 4.78 is 0. The first-order chi connectivity index (χ1) is 9.99. The molecular formula is C17H19ClN2O. The van der Waals surface area contributed by atoms with Crippen LogP contribution < -0.4 is 10.9 Å². The van der Waals surface area contributed by atoms with Gasteiger partial charge in [-0.25, -0.2) is 0 Å². The summed E-state index contributed by atoms with van der Waals surface area (Å²) in [5.41, 5.74) is 9.22. The molecule has 0 bridgehead atoms. The standard InChI is InChI=1S/C17H19ClN2O/c1-11(2)13-9-8-12(3)16(10-13)19-20-17(21)14-6-4-5-7-15(14)18/h4-8,10,13,19H,1,9H2,2-3H3,(H,20,21). The predicted octanol–water partition coefficient (Wildman–Crippen LogP) is 4.00. The van der Waals surface area contributed by atoms with Crippen molar-refractivity contribution in [1.29, 1.82) is 0 Å². The number of hydrazine groups is 1. The third-order valence-corrected chi connectivity index (χ3v) is 3.86. The third kappa shape index (κ3) is 3.76. The number of halogens is 1. The molecule has 1 amide bonds. The molecule has 0 heterocycles. The first kappa shape index (κ1) is 15.4. The molecule has 3 nitrogen and oxygen atoms in total. The van der Waals surface area contributed by atoms with Crippen LogP contribution in [-0.4, -0.2) is 5.91 Å². The van der Waals surface area contributed by atoms with E-state index in [0.29, 0.717) is 16.5 Å². The fourth-order valence-electron chi connectivity index (χ4n) is 2.13. The van der Waals surface area contributed by atoms with Gasteiger partial charge in [-0.1, -0.05) is 48.0 Å². The number of allylic oxidation sites excluding steroid dienone is 4. The fourth-order valence-corrected chi connectivity index (χ4v) is 2.36. The van der Waals surface area contributed by atoms with E-state index in [1.54, 1.807) is 24.3 Å². The summed E-state index contributed by atoms with van der Waals surface area (Å²) in [5, 5.41) is 0.432. The molecule has 0 saturated heterocycles. The number of rotatable bonds is 4. The SMILES string of the molecule is C=C(C)C1C=C(NNC(=O)c2ccccc2Cl)C(C)=CC1. The van der Waals surface area contributed by atoms with Crippen LogP contribution in [0.25, 0.3) is 0 Å². The summed E-state index contributed by atoms with van der Waals surface area (Å²) in [6.07, 6.45) is 5.18. The minimum Gasteiger partial charge on any atom is -0.298 e. The summed E-state index contributed by atoms with van der Waals surface area (Å²) in [6.45, 7) is 8.00. The van der Waals surface area contributed by atoms with E-state index in [-0.39, 0.29) is 5.91 Å². The highest BCUT2D eigenvalue weighted by atomic mass is 35.5. The number of hydrogen-bond donors (Lipinski definition) is 2. The van der Waals surface area contributed by atoms with Crippen LogP contribution in [0.15, 0.2) is 59.8 Å². The molecule has 1 aliphatic carbocycles. The van der Waals surface area contributed by atoms with E-state index in [2.05, 4.69) is 29.6 Å². The van der Waals surface area contributed by atoms with Crippen molar-refractivity contribution in [3.63, 3.8) is 0 Å². The quantitative estimate of drug-likeness (QED) is 0.652. The molecule has 1 aromatic rings. The molecule has 1 unspecified atom stereocenters. The molecular weight excluding hydrogens is 284 g/mol. The van der Waals surface area contributed by atoms with Gasteiger partial charge in [0.15, 0.2) is 0 Å². The molecule has 1 aliphatic rings. The average Bonchev–Trinajstić information content (AvgIpc) is 2.46. The van der Waals surface area contributed by atoms with Crippen molar-refractivity contribution in [2.45, 2.75) is 20.3 Å². The minimum absolute atomic E-state index is 0.258. The van der Waals surface area contributed by atoms with Crippen molar-refractivity contribution >= 4 is 17.5 Å². The lowest BCUT2D eigenvalue weighted by atomic mass is 9.90. The first-order valence-electron chi connectivity index (χ1n) is 6.84. The number of nitrogens with one attached hydrogen (secondary N) is 2. The van der Waals surface area contributed by atoms with E-state index in [4.69, 9.17) is 11.6 Å². The Hall–Kier alpha value is -2.00. The van der Waals surface area contributed by atoms with Gasteiger partial charge < -0.3 is 0 Å². The topological polar surface area (TPSA) is 41.1 Å². The third-order valence-electron chi connectivity index (χ3n) is 3.53. The highest BCUT2D eigenvalue weighted by molar-refractivity contribution is 6.33. The second-order valence-corrected chi connectivity index (χ2v) is 5.62. The highest BCUT2D eigenvalue weighted by Gasteiger charge is 2.15. The molecule has 0 radical (unpaired) electrons. The van der Waals surface area contributed by atoms with Crippen LogP contribution in [0.1, 0.15) is 30.6 Å². The van der Waals surface area contributed by atoms with Crippen molar-refractivity contribution in [2.24, 2.45) is 5.92 Å². The Balaban J connectivity index is 2.05. The Morgan fingerprint density at radius 1 is 1.38 bits per heavy atom. The molecule has 0 spiro atoms. The normalized spacial score (nSPS) is 17.6. The van der Waals surface area contributed by atoms with Crippen LogP contribution in [0.3, 0.4) is 0 Å². The number of carbonyl (C=O) groups excluding carboxylic acids is 1. The molecule has 2 rings (SSSR count). The maximum Gasteiger partial charge on any atom is 0.271 e. The van der Waals surface area contributed by atoms with E-state index in [0.717, 1.165) is 23.3 Å². The predicted molar refractivity (Wildman–Crippen MR) is 86.8 cm³/mol. The Labute approximate surface area is 130 Å². The van der Waals surface area contributed by atoms with Crippen molar-refractivity contribution < 1.29 is 4.79 Å². The van der Waals surface area contributed by atoms with Gasteiger partial charge in [0.25, 0.3) is 5.91 Å². The fraction of sp³-hybridized carbons (Fsp3) is 0.235. The average molecular weight is 303 g/mol. The van der Waals surface area contributed by atoms with Crippen LogP contribution >= 0.6 is 11.6 Å². The van der Waals surface area contributed by atoms with Crippen LogP contribution in [-0.2, 0) is 0 Å². The van der Waals surface area contributed by atoms with Gasteiger partial charge in [0.1, 0.15) is 0 Å². The van der Waals surface area contributed by atoms with Gasteiger partial charge in [-0.05, 0) is 38.0 Å². The van der Waals surface area contributed by atoms with Gasteiger partial charge in [-0.2, -0.15) is 0 Å². The molecule has 1 atom stereocenters. The molecule has 2 N–H and O–H groups in total. The molecule has 1 aromatic carbocycles. The monoisotopic (exact) mass is 302 g/mol. The molecule has 110 valence electrons. The summed E-state index contributed by atoms with van der Waals surface area (Å²) in [6, 6.07) is 6.95. The second-order valence-electron chi connectivity index (χ2n) is 5.21. The van der Waals surface area contributed by atoms with Gasteiger partial charge >= 0.3 is 0 Å². The summed E-state index contributed by atoms with van der Waals surface area (Å²) in [7, 11) is 0. The maximum absolute atomic E-state index is 12.1. The summed E-state index contributed by atoms with van der Waals surface area (Å²) in [5.74, 6) is 0.0418. The lowest BCUT2D eigenvalue weighted by Crippen LogP contribution is -2.38. The van der Waals surface area contributed by atoms with Crippen molar-refractivity contribution in [3.05, 3.63) is 70.4 Å². The summed E-state index contributed by atoms with van der Waals surface area (Å²) >= 11 is 6.01.